The van der Waals surface area contributed by atoms with Gasteiger partial charge in [0.1, 0.15) is 0 Å². The zero-order valence-corrected chi connectivity index (χ0v) is 21.4. The molecule has 0 bridgehead atoms. The second kappa shape index (κ2) is 11.4. The molecule has 0 aliphatic rings. The highest BCUT2D eigenvalue weighted by Gasteiger charge is 2.20. The maximum absolute atomic E-state index is 12.6. The Bertz CT molecular complexity index is 1170. The largest absolute Gasteiger partial charge is 0.342 e. The van der Waals surface area contributed by atoms with Crippen LogP contribution in [0.15, 0.2) is 41.6 Å². The van der Waals surface area contributed by atoms with Gasteiger partial charge >= 0.3 is 0 Å². The van der Waals surface area contributed by atoms with Gasteiger partial charge in [-0.3, -0.25) is 9.59 Å². The van der Waals surface area contributed by atoms with Crippen molar-refractivity contribution in [3.63, 3.8) is 0 Å². The molecule has 0 fully saturated rings. The smallest absolute Gasteiger partial charge is 0.251 e. The average molecular weight is 547 g/mol. The van der Waals surface area contributed by atoms with Gasteiger partial charge in [0.2, 0.25) is 5.91 Å². The lowest BCUT2D eigenvalue weighted by atomic mass is 10.2. The molecule has 0 radical (unpaired) electrons. The Labute approximate surface area is 215 Å². The Hall–Kier alpha value is -1.97. The quantitative estimate of drug-likeness (QED) is 0.331. The molecule has 33 heavy (non-hydrogen) atoms. The van der Waals surface area contributed by atoms with Crippen LogP contribution in [0, 0.1) is 0 Å². The fraction of sp³-hybridized carbons (Fsp3) is 0.238. The zero-order chi connectivity index (χ0) is 24.1. The third-order valence-corrected chi connectivity index (χ3v) is 6.60. The third kappa shape index (κ3) is 6.77. The predicted molar refractivity (Wildman–Crippen MR) is 134 cm³/mol. The van der Waals surface area contributed by atoms with Gasteiger partial charge in [0, 0.05) is 27.8 Å². The standard InChI is InChI=1S/C21H19Cl4N5O2S/c1-3-30-19(11(2)26-20(32)12-4-5-16(24)17(25)6-12)28-29-21(30)33-10-18(31)27-15-8-13(22)7-14(23)9-15/h4-9,11H,3,10H2,1-2H3,(H,26,32)(H,27,31)/t11-/m0/s1. The van der Waals surface area contributed by atoms with Gasteiger partial charge in [0.25, 0.3) is 5.91 Å². The number of halogens is 4. The minimum Gasteiger partial charge on any atom is -0.342 e. The molecule has 2 aromatic carbocycles. The molecule has 0 saturated carbocycles. The van der Waals surface area contributed by atoms with Gasteiger partial charge in [0.05, 0.1) is 21.8 Å². The lowest BCUT2D eigenvalue weighted by molar-refractivity contribution is -0.113. The minimum atomic E-state index is -0.434. The molecule has 2 N–H and O–H groups in total. The summed E-state index contributed by atoms with van der Waals surface area (Å²) in [7, 11) is 0. The Morgan fingerprint density at radius 1 is 1.03 bits per heavy atom. The molecule has 0 aliphatic heterocycles. The molecule has 3 rings (SSSR count). The van der Waals surface area contributed by atoms with E-state index in [0.29, 0.717) is 48.9 Å². The lowest BCUT2D eigenvalue weighted by Gasteiger charge is -2.15. The Balaban J connectivity index is 1.64. The molecule has 7 nitrogen and oxygen atoms in total. The molecule has 0 unspecified atom stereocenters. The first-order chi connectivity index (χ1) is 15.7. The second-order valence-electron chi connectivity index (χ2n) is 6.90. The predicted octanol–water partition coefficient (Wildman–Crippen LogP) is 6.13. The molecule has 0 saturated heterocycles. The number of nitrogens with zero attached hydrogens (tertiary/aromatic N) is 3. The van der Waals surface area contributed by atoms with Crippen LogP contribution in [0.1, 0.15) is 36.1 Å². The van der Waals surface area contributed by atoms with Crippen LogP contribution in [0.4, 0.5) is 5.69 Å². The maximum Gasteiger partial charge on any atom is 0.251 e. The summed E-state index contributed by atoms with van der Waals surface area (Å²) in [6.07, 6.45) is 0. The van der Waals surface area contributed by atoms with Crippen LogP contribution >= 0.6 is 58.2 Å². The average Bonchev–Trinajstić information content (AvgIpc) is 3.16. The summed E-state index contributed by atoms with van der Waals surface area (Å²) in [4.78, 5) is 24.9. The SMILES string of the molecule is CCn1c(SCC(=O)Nc2cc(Cl)cc(Cl)c2)nnc1[C@H](C)NC(=O)c1ccc(Cl)c(Cl)c1. The number of hydrogen-bond donors (Lipinski definition) is 2. The molecule has 12 heteroatoms. The minimum absolute atomic E-state index is 0.103. The van der Waals surface area contributed by atoms with Gasteiger partial charge in [-0.15, -0.1) is 10.2 Å². The van der Waals surface area contributed by atoms with Gasteiger partial charge < -0.3 is 15.2 Å². The number of carbonyl (C=O) groups excluding carboxylic acids is 2. The molecule has 0 spiro atoms. The first-order valence-electron chi connectivity index (χ1n) is 9.75. The normalized spacial score (nSPS) is 11.8. The van der Waals surface area contributed by atoms with Crippen LogP contribution in [0.3, 0.4) is 0 Å². The molecule has 1 atom stereocenters. The number of rotatable bonds is 8. The van der Waals surface area contributed by atoms with Crippen LogP contribution in [0.2, 0.25) is 20.1 Å². The summed E-state index contributed by atoms with van der Waals surface area (Å²) >= 11 is 25.1. The summed E-state index contributed by atoms with van der Waals surface area (Å²) in [5.74, 6) is 0.106. The first kappa shape index (κ1) is 25.6. The Morgan fingerprint density at radius 3 is 2.36 bits per heavy atom. The van der Waals surface area contributed by atoms with Crippen molar-refractivity contribution in [2.24, 2.45) is 0 Å². The highest BCUT2D eigenvalue weighted by atomic mass is 35.5. The van der Waals surface area contributed by atoms with Crippen molar-refractivity contribution in [3.8, 4) is 0 Å². The molecular weight excluding hydrogens is 528 g/mol. The van der Waals surface area contributed by atoms with E-state index < -0.39 is 6.04 Å². The second-order valence-corrected chi connectivity index (χ2v) is 9.53. The van der Waals surface area contributed by atoms with Gasteiger partial charge in [0.15, 0.2) is 11.0 Å². The van der Waals surface area contributed by atoms with E-state index in [-0.39, 0.29) is 17.6 Å². The van der Waals surface area contributed by atoms with Crippen LogP contribution in [0.25, 0.3) is 0 Å². The summed E-state index contributed by atoms with van der Waals surface area (Å²) in [6, 6.07) is 9.03. The third-order valence-electron chi connectivity index (χ3n) is 4.46. The maximum atomic E-state index is 12.6. The topological polar surface area (TPSA) is 88.9 Å². The monoisotopic (exact) mass is 545 g/mol. The molecule has 2 amide bonds. The molecule has 1 heterocycles. The van der Waals surface area contributed by atoms with Crippen molar-refractivity contribution in [2.75, 3.05) is 11.1 Å². The van der Waals surface area contributed by atoms with Crippen molar-refractivity contribution < 1.29 is 9.59 Å². The number of anilines is 1. The van der Waals surface area contributed by atoms with Crippen molar-refractivity contribution in [3.05, 3.63) is 67.9 Å². The lowest BCUT2D eigenvalue weighted by Crippen LogP contribution is -2.28. The highest BCUT2D eigenvalue weighted by Crippen LogP contribution is 2.25. The van der Waals surface area contributed by atoms with Crippen LogP contribution in [-0.2, 0) is 11.3 Å². The number of aromatic nitrogens is 3. The van der Waals surface area contributed by atoms with Crippen LogP contribution in [0.5, 0.6) is 0 Å². The summed E-state index contributed by atoms with van der Waals surface area (Å²) in [5, 5.41) is 16.1. The Morgan fingerprint density at radius 2 is 1.73 bits per heavy atom. The van der Waals surface area contributed by atoms with Gasteiger partial charge in [-0.05, 0) is 50.2 Å². The van der Waals surface area contributed by atoms with E-state index >= 15 is 0 Å². The van der Waals surface area contributed by atoms with E-state index in [1.54, 1.807) is 37.3 Å². The molecule has 3 aromatic rings. The number of carbonyl (C=O) groups is 2. The van der Waals surface area contributed by atoms with Gasteiger partial charge in [-0.25, -0.2) is 0 Å². The van der Waals surface area contributed by atoms with Crippen molar-refractivity contribution in [1.29, 1.82) is 0 Å². The van der Waals surface area contributed by atoms with E-state index in [1.807, 2.05) is 11.5 Å². The number of amides is 2. The number of nitrogens with one attached hydrogen (secondary N) is 2. The van der Waals surface area contributed by atoms with Crippen molar-refractivity contribution >= 4 is 75.7 Å². The number of benzene rings is 2. The zero-order valence-electron chi connectivity index (χ0n) is 17.5. The fourth-order valence-electron chi connectivity index (χ4n) is 2.96. The van der Waals surface area contributed by atoms with Crippen LogP contribution in [-0.4, -0.2) is 32.3 Å². The summed E-state index contributed by atoms with van der Waals surface area (Å²) in [5.41, 5.74) is 0.889. The van der Waals surface area contributed by atoms with Crippen molar-refractivity contribution in [1.82, 2.24) is 20.1 Å². The molecule has 1 aromatic heterocycles. The first-order valence-corrected chi connectivity index (χ1v) is 12.3. The van der Waals surface area contributed by atoms with E-state index in [9.17, 15) is 9.59 Å². The number of thioether (sulfide) groups is 1. The Kier molecular flexibility index (Phi) is 8.89. The fourth-order valence-corrected chi connectivity index (χ4v) is 4.59. The molecule has 174 valence electrons. The van der Waals surface area contributed by atoms with E-state index in [0.717, 1.165) is 0 Å². The van der Waals surface area contributed by atoms with Crippen molar-refractivity contribution in [2.45, 2.75) is 31.6 Å². The van der Waals surface area contributed by atoms with Crippen LogP contribution < -0.4 is 10.6 Å². The highest BCUT2D eigenvalue weighted by molar-refractivity contribution is 7.99. The van der Waals surface area contributed by atoms with E-state index in [2.05, 4.69) is 20.8 Å². The van der Waals surface area contributed by atoms with Gasteiger partial charge in [-0.2, -0.15) is 0 Å². The van der Waals surface area contributed by atoms with E-state index in [4.69, 9.17) is 46.4 Å². The molecule has 0 aliphatic carbocycles. The molecular formula is C21H19Cl4N5O2S. The summed E-state index contributed by atoms with van der Waals surface area (Å²) in [6.45, 7) is 4.29. The van der Waals surface area contributed by atoms with E-state index in [1.165, 1.54) is 17.8 Å². The summed E-state index contributed by atoms with van der Waals surface area (Å²) < 4.78 is 1.84. The number of hydrogen-bond acceptors (Lipinski definition) is 5. The van der Waals surface area contributed by atoms with Gasteiger partial charge in [-0.1, -0.05) is 58.2 Å².